The lowest BCUT2D eigenvalue weighted by molar-refractivity contribution is -0.633. The van der Waals surface area contributed by atoms with Crippen molar-refractivity contribution in [2.75, 3.05) is 0 Å². The van der Waals surface area contributed by atoms with Crippen LogP contribution in [0, 0.1) is 6.92 Å². The predicted molar refractivity (Wildman–Crippen MR) is 99.2 cm³/mol. The Bertz CT molecular complexity index is 1170. The van der Waals surface area contributed by atoms with Crippen LogP contribution in [0.15, 0.2) is 47.1 Å². The molecule has 2 aromatic carbocycles. The van der Waals surface area contributed by atoms with Crippen LogP contribution >= 0.6 is 0 Å². The summed E-state index contributed by atoms with van der Waals surface area (Å²) in [5, 5.41) is 2.32. The largest absolute Gasteiger partial charge is 0.460 e. The van der Waals surface area contributed by atoms with Crippen LogP contribution in [0.3, 0.4) is 0 Å². The van der Waals surface area contributed by atoms with Crippen LogP contribution in [-0.2, 0) is 7.05 Å². The Morgan fingerprint density at radius 1 is 1.04 bits per heavy atom. The monoisotopic (exact) mass is 330 g/mol. The van der Waals surface area contributed by atoms with E-state index in [9.17, 15) is 0 Å². The van der Waals surface area contributed by atoms with Crippen molar-refractivity contribution in [2.24, 2.45) is 7.05 Å². The number of furan rings is 1. The first-order valence-electron chi connectivity index (χ1n) is 8.71. The summed E-state index contributed by atoms with van der Waals surface area (Å²) in [6.07, 6.45) is 1.73. The normalized spacial score (nSPS) is 12.7. The molecule has 2 aromatic heterocycles. The fraction of sp³-hybridized carbons (Fsp3) is 0.227. The van der Waals surface area contributed by atoms with Crippen LogP contribution in [0.2, 0.25) is 0 Å². The molecule has 0 saturated carbocycles. The Morgan fingerprint density at radius 3 is 2.64 bits per heavy atom. The summed E-state index contributed by atoms with van der Waals surface area (Å²) in [5.74, 6) is 2.13. The number of pyridine rings is 1. The number of nitrogens with zero attached hydrogens (tertiary/aromatic N) is 1. The van der Waals surface area contributed by atoms with Crippen molar-refractivity contribution >= 4 is 21.9 Å². The van der Waals surface area contributed by atoms with E-state index in [-0.39, 0.29) is 0 Å². The summed E-state index contributed by atoms with van der Waals surface area (Å²) in [6, 6.07) is 12.7. The summed E-state index contributed by atoms with van der Waals surface area (Å²) in [4.78, 5) is 0. The average molecular weight is 330 g/mol. The fourth-order valence-electron chi connectivity index (χ4n) is 4.17. The van der Waals surface area contributed by atoms with Crippen molar-refractivity contribution in [2.45, 2.75) is 26.7 Å². The molecule has 0 N–H and O–H groups in total. The van der Waals surface area contributed by atoms with E-state index in [4.69, 9.17) is 9.15 Å². The third-order valence-corrected chi connectivity index (χ3v) is 5.29. The van der Waals surface area contributed by atoms with E-state index in [2.05, 4.69) is 62.7 Å². The minimum Gasteiger partial charge on any atom is -0.460 e. The summed E-state index contributed by atoms with van der Waals surface area (Å²) in [5.41, 5.74) is 6.95. The van der Waals surface area contributed by atoms with Crippen molar-refractivity contribution in [3.05, 3.63) is 53.8 Å². The zero-order valence-electron chi connectivity index (χ0n) is 14.9. The molecule has 0 aliphatic carbocycles. The van der Waals surface area contributed by atoms with Crippen LogP contribution in [-0.4, -0.2) is 0 Å². The standard InChI is InChI=1S/C22H20NO2/c1-12(2)18-14-7-5-6-8-15(14)23(4)21-19-13(3)9-10-16-20(19)17(11-24-16)25-22(18)21/h5-12H,1-4H3/q+1. The molecule has 3 heterocycles. The zero-order chi connectivity index (χ0) is 17.3. The number of rotatable bonds is 1. The van der Waals surface area contributed by atoms with E-state index in [1.165, 1.54) is 27.6 Å². The second-order valence-corrected chi connectivity index (χ2v) is 7.15. The van der Waals surface area contributed by atoms with Crippen molar-refractivity contribution < 1.29 is 13.7 Å². The molecule has 0 radical (unpaired) electrons. The van der Waals surface area contributed by atoms with Crippen LogP contribution in [0.1, 0.15) is 30.9 Å². The van der Waals surface area contributed by atoms with Gasteiger partial charge in [-0.2, -0.15) is 4.57 Å². The molecule has 5 rings (SSSR count). The molecule has 124 valence electrons. The van der Waals surface area contributed by atoms with Crippen molar-refractivity contribution in [1.29, 1.82) is 0 Å². The Balaban J connectivity index is 2.05. The highest BCUT2D eigenvalue weighted by molar-refractivity contribution is 6.03. The molecular formula is C22H20NO2+. The minimum absolute atomic E-state index is 0.354. The summed E-state index contributed by atoms with van der Waals surface area (Å²) in [6.45, 7) is 6.61. The van der Waals surface area contributed by atoms with Gasteiger partial charge in [0, 0.05) is 11.6 Å². The highest BCUT2D eigenvalue weighted by Gasteiger charge is 2.35. The lowest BCUT2D eigenvalue weighted by atomic mass is 9.90. The van der Waals surface area contributed by atoms with Crippen molar-refractivity contribution in [1.82, 2.24) is 0 Å². The fourth-order valence-corrected chi connectivity index (χ4v) is 4.17. The summed E-state index contributed by atoms with van der Waals surface area (Å²) >= 11 is 0. The second-order valence-electron chi connectivity index (χ2n) is 7.15. The van der Waals surface area contributed by atoms with Gasteiger partial charge >= 0.3 is 0 Å². The van der Waals surface area contributed by atoms with Gasteiger partial charge in [-0.1, -0.05) is 32.0 Å². The molecule has 0 amide bonds. The molecule has 0 spiro atoms. The van der Waals surface area contributed by atoms with E-state index in [1.807, 2.05) is 6.07 Å². The summed E-state index contributed by atoms with van der Waals surface area (Å²) < 4.78 is 14.4. The Kier molecular flexibility index (Phi) is 2.82. The smallest absolute Gasteiger partial charge is 0.257 e. The Morgan fingerprint density at radius 2 is 1.84 bits per heavy atom. The predicted octanol–water partition coefficient (Wildman–Crippen LogP) is 5.62. The van der Waals surface area contributed by atoms with Crippen LogP contribution < -0.4 is 9.30 Å². The van der Waals surface area contributed by atoms with Gasteiger partial charge in [-0.3, -0.25) is 0 Å². The van der Waals surface area contributed by atoms with E-state index < -0.39 is 0 Å². The van der Waals surface area contributed by atoms with Gasteiger partial charge in [-0.15, -0.1) is 0 Å². The molecule has 0 bridgehead atoms. The first-order chi connectivity index (χ1) is 12.1. The maximum Gasteiger partial charge on any atom is 0.257 e. The highest BCUT2D eigenvalue weighted by Crippen LogP contribution is 2.51. The molecule has 1 aliphatic heterocycles. The van der Waals surface area contributed by atoms with Gasteiger partial charge in [0.15, 0.2) is 5.75 Å². The second kappa shape index (κ2) is 4.85. The molecule has 0 unspecified atom stereocenters. The Hall–Kier alpha value is -2.81. The highest BCUT2D eigenvalue weighted by atomic mass is 16.5. The Labute approximate surface area is 146 Å². The summed E-state index contributed by atoms with van der Waals surface area (Å²) in [7, 11) is 2.12. The number of ether oxygens (including phenoxy) is 1. The van der Waals surface area contributed by atoms with Gasteiger partial charge in [0.1, 0.15) is 18.9 Å². The minimum atomic E-state index is 0.354. The van der Waals surface area contributed by atoms with Gasteiger partial charge in [-0.05, 0) is 30.5 Å². The quantitative estimate of drug-likeness (QED) is 0.373. The number of fused-ring (bicyclic) bond motifs is 3. The molecule has 3 heteroatoms. The van der Waals surface area contributed by atoms with Gasteiger partial charge < -0.3 is 9.15 Å². The molecule has 4 aromatic rings. The van der Waals surface area contributed by atoms with E-state index in [0.29, 0.717) is 5.92 Å². The average Bonchev–Trinajstić information content (AvgIpc) is 3.01. The van der Waals surface area contributed by atoms with Gasteiger partial charge in [0.05, 0.1) is 16.3 Å². The number of hydrogen-bond acceptors (Lipinski definition) is 2. The van der Waals surface area contributed by atoms with Crippen LogP contribution in [0.5, 0.6) is 11.5 Å². The number of hydrogen-bond donors (Lipinski definition) is 0. The van der Waals surface area contributed by atoms with Crippen LogP contribution in [0.25, 0.3) is 33.1 Å². The number of benzene rings is 2. The van der Waals surface area contributed by atoms with Gasteiger partial charge in [-0.25, -0.2) is 0 Å². The lowest BCUT2D eigenvalue weighted by Crippen LogP contribution is -2.34. The van der Waals surface area contributed by atoms with Gasteiger partial charge in [0.25, 0.3) is 5.69 Å². The molecule has 3 nitrogen and oxygen atoms in total. The number of aryl methyl sites for hydroxylation is 2. The van der Waals surface area contributed by atoms with Crippen LogP contribution in [0.4, 0.5) is 0 Å². The van der Waals surface area contributed by atoms with Gasteiger partial charge in [0.2, 0.25) is 11.3 Å². The van der Waals surface area contributed by atoms with Crippen molar-refractivity contribution in [3.63, 3.8) is 0 Å². The lowest BCUT2D eigenvalue weighted by Gasteiger charge is -2.22. The first-order valence-corrected chi connectivity index (χ1v) is 8.71. The third kappa shape index (κ3) is 1.78. The molecule has 0 saturated heterocycles. The molecule has 0 fully saturated rings. The van der Waals surface area contributed by atoms with Crippen molar-refractivity contribution in [3.8, 4) is 22.8 Å². The first kappa shape index (κ1) is 14.5. The molecular weight excluding hydrogens is 310 g/mol. The molecule has 1 aliphatic rings. The van der Waals surface area contributed by atoms with E-state index >= 15 is 0 Å². The van der Waals surface area contributed by atoms with E-state index in [1.54, 1.807) is 6.26 Å². The third-order valence-electron chi connectivity index (χ3n) is 5.29. The zero-order valence-corrected chi connectivity index (χ0v) is 14.9. The SMILES string of the molecule is Cc1ccc2occ3c2c1-c1c(c(C(C)C)c2ccccc2[n+]1C)O3. The molecule has 25 heavy (non-hydrogen) atoms. The molecule has 0 atom stereocenters. The van der Waals surface area contributed by atoms with E-state index in [0.717, 1.165) is 28.2 Å². The topological polar surface area (TPSA) is 26.2 Å². The maximum atomic E-state index is 6.41. The number of aromatic nitrogens is 1. The number of para-hydroxylation sites is 1. The maximum absolute atomic E-state index is 6.41.